The molecule has 0 saturated carbocycles. The van der Waals surface area contributed by atoms with E-state index in [9.17, 15) is 14.7 Å². The molecule has 1 fully saturated rings. The molecule has 0 spiro atoms. The van der Waals surface area contributed by atoms with Crippen molar-refractivity contribution in [2.45, 2.75) is 0 Å². The van der Waals surface area contributed by atoms with Crippen molar-refractivity contribution in [2.75, 3.05) is 7.11 Å². The average Bonchev–Trinajstić information content (AvgIpc) is 2.94. The highest BCUT2D eigenvalue weighted by atomic mass is 32.2. The number of aromatic hydroxyl groups is 1. The van der Waals surface area contributed by atoms with Crippen molar-refractivity contribution in [1.82, 2.24) is 5.32 Å². The molecular formula is C18H14N2O5S. The van der Waals surface area contributed by atoms with Crippen molar-refractivity contribution in [3.63, 3.8) is 0 Å². The molecule has 0 aromatic heterocycles. The number of aliphatic imine (C=N–C) groups is 1. The van der Waals surface area contributed by atoms with Gasteiger partial charge in [0.1, 0.15) is 17.1 Å². The molecule has 0 bridgehead atoms. The van der Waals surface area contributed by atoms with Crippen molar-refractivity contribution in [3.05, 3.63) is 58.5 Å². The van der Waals surface area contributed by atoms with E-state index in [4.69, 9.17) is 9.84 Å². The number of thioether (sulfide) groups is 1. The van der Waals surface area contributed by atoms with E-state index in [-0.39, 0.29) is 11.5 Å². The highest BCUT2D eigenvalue weighted by molar-refractivity contribution is 8.18. The lowest BCUT2D eigenvalue weighted by Gasteiger charge is -2.03. The van der Waals surface area contributed by atoms with Gasteiger partial charge in [-0.05, 0) is 36.0 Å². The van der Waals surface area contributed by atoms with Crippen LogP contribution >= 0.6 is 11.8 Å². The van der Waals surface area contributed by atoms with Crippen LogP contribution in [0.5, 0.6) is 11.5 Å². The molecule has 1 aliphatic rings. The molecule has 132 valence electrons. The number of carbonyl (C=O) groups excluding carboxylic acids is 1. The van der Waals surface area contributed by atoms with Gasteiger partial charge < -0.3 is 20.3 Å². The van der Waals surface area contributed by atoms with Crippen LogP contribution in [0.4, 0.5) is 5.69 Å². The minimum Gasteiger partial charge on any atom is -0.507 e. The molecule has 2 aromatic carbocycles. The van der Waals surface area contributed by atoms with E-state index in [1.54, 1.807) is 19.3 Å². The van der Waals surface area contributed by atoms with E-state index in [0.29, 0.717) is 21.5 Å². The van der Waals surface area contributed by atoms with Crippen LogP contribution in [0.2, 0.25) is 0 Å². The smallest absolute Gasteiger partial charge is 0.339 e. The van der Waals surface area contributed by atoms with Crippen molar-refractivity contribution in [3.8, 4) is 11.5 Å². The van der Waals surface area contributed by atoms with E-state index in [2.05, 4.69) is 10.3 Å². The van der Waals surface area contributed by atoms with E-state index in [1.807, 2.05) is 18.2 Å². The van der Waals surface area contributed by atoms with Gasteiger partial charge in [-0.15, -0.1) is 0 Å². The molecule has 3 rings (SSSR count). The number of para-hydroxylation sites is 1. The molecule has 1 heterocycles. The monoisotopic (exact) mass is 370 g/mol. The van der Waals surface area contributed by atoms with Crippen molar-refractivity contribution < 1.29 is 24.5 Å². The van der Waals surface area contributed by atoms with Gasteiger partial charge in [0.2, 0.25) is 0 Å². The zero-order valence-corrected chi connectivity index (χ0v) is 14.4. The molecule has 0 unspecified atom stereocenters. The van der Waals surface area contributed by atoms with Crippen molar-refractivity contribution >= 4 is 40.6 Å². The van der Waals surface area contributed by atoms with E-state index in [0.717, 1.165) is 17.3 Å². The topological polar surface area (TPSA) is 108 Å². The summed E-state index contributed by atoms with van der Waals surface area (Å²) >= 11 is 1.14. The quantitative estimate of drug-likeness (QED) is 0.714. The van der Waals surface area contributed by atoms with Gasteiger partial charge >= 0.3 is 5.97 Å². The Morgan fingerprint density at radius 2 is 2.04 bits per heavy atom. The number of carboxylic acid groups (broad SMARTS) is 1. The number of amides is 1. The number of rotatable bonds is 4. The molecule has 7 nitrogen and oxygen atoms in total. The predicted octanol–water partition coefficient (Wildman–Crippen LogP) is 2.99. The van der Waals surface area contributed by atoms with Gasteiger partial charge in [0.25, 0.3) is 5.91 Å². The van der Waals surface area contributed by atoms with E-state index in [1.165, 1.54) is 18.2 Å². The lowest BCUT2D eigenvalue weighted by Crippen LogP contribution is -2.19. The van der Waals surface area contributed by atoms with Crippen LogP contribution in [-0.2, 0) is 4.79 Å². The number of hydrogen-bond donors (Lipinski definition) is 3. The standard InChI is InChI=1S/C18H14N2O5S/c1-25-14-5-3-2-4-10(14)8-15-16(22)20-18(26-15)19-11-6-7-12(17(23)24)13(21)9-11/h2-9,21H,1H3,(H,23,24)(H,19,20,22)/b15-8-. The van der Waals surface area contributed by atoms with Gasteiger partial charge in [-0.2, -0.15) is 0 Å². The Hall–Kier alpha value is -3.26. The summed E-state index contributed by atoms with van der Waals surface area (Å²) in [4.78, 5) is 27.7. The third-order valence-electron chi connectivity index (χ3n) is 3.52. The summed E-state index contributed by atoms with van der Waals surface area (Å²) in [5.74, 6) is -1.27. The zero-order chi connectivity index (χ0) is 18.7. The number of amidine groups is 1. The normalized spacial score (nSPS) is 16.7. The minimum atomic E-state index is -1.23. The number of carbonyl (C=O) groups is 2. The number of aromatic carboxylic acids is 1. The first-order valence-corrected chi connectivity index (χ1v) is 8.28. The Morgan fingerprint density at radius 1 is 1.27 bits per heavy atom. The minimum absolute atomic E-state index is 0.214. The highest BCUT2D eigenvalue weighted by Crippen LogP contribution is 2.31. The first-order chi connectivity index (χ1) is 12.5. The second-order valence-corrected chi connectivity index (χ2v) is 6.26. The maximum absolute atomic E-state index is 12.1. The molecular weight excluding hydrogens is 356 g/mol. The number of hydrogen-bond acceptors (Lipinski definition) is 6. The Labute approximate surface area is 153 Å². The first kappa shape index (κ1) is 17.6. The summed E-state index contributed by atoms with van der Waals surface area (Å²) < 4.78 is 5.27. The Kier molecular flexibility index (Phi) is 4.94. The van der Waals surface area contributed by atoms with Crippen LogP contribution in [0.1, 0.15) is 15.9 Å². The van der Waals surface area contributed by atoms with Crippen molar-refractivity contribution in [2.24, 2.45) is 4.99 Å². The van der Waals surface area contributed by atoms with Crippen LogP contribution < -0.4 is 10.1 Å². The molecule has 8 heteroatoms. The summed E-state index contributed by atoms with van der Waals surface area (Å²) in [6.07, 6.45) is 1.70. The largest absolute Gasteiger partial charge is 0.507 e. The molecule has 0 aliphatic carbocycles. The van der Waals surface area contributed by atoms with Crippen molar-refractivity contribution in [1.29, 1.82) is 0 Å². The number of benzene rings is 2. The first-order valence-electron chi connectivity index (χ1n) is 7.47. The maximum Gasteiger partial charge on any atom is 0.339 e. The molecule has 1 aliphatic heterocycles. The Morgan fingerprint density at radius 3 is 2.73 bits per heavy atom. The van der Waals surface area contributed by atoms with Crippen LogP contribution in [0, 0.1) is 0 Å². The lowest BCUT2D eigenvalue weighted by molar-refractivity contribution is -0.115. The van der Waals surface area contributed by atoms with Crippen LogP contribution in [-0.4, -0.2) is 34.4 Å². The zero-order valence-electron chi connectivity index (χ0n) is 13.6. The Balaban J connectivity index is 1.85. The van der Waals surface area contributed by atoms with Gasteiger partial charge in [0.15, 0.2) is 5.17 Å². The number of ether oxygens (including phenoxy) is 1. The van der Waals surface area contributed by atoms with Gasteiger partial charge in [0, 0.05) is 11.6 Å². The number of nitrogens with one attached hydrogen (secondary N) is 1. The number of carboxylic acids is 1. The lowest BCUT2D eigenvalue weighted by atomic mass is 10.2. The summed E-state index contributed by atoms with van der Waals surface area (Å²) in [5.41, 5.74) is 0.875. The third-order valence-corrected chi connectivity index (χ3v) is 4.43. The Bertz CT molecular complexity index is 952. The molecule has 3 N–H and O–H groups in total. The second-order valence-electron chi connectivity index (χ2n) is 5.23. The highest BCUT2D eigenvalue weighted by Gasteiger charge is 2.24. The average molecular weight is 370 g/mol. The summed E-state index contributed by atoms with van der Waals surface area (Å²) in [7, 11) is 1.55. The summed E-state index contributed by atoms with van der Waals surface area (Å²) in [5, 5.41) is 21.6. The van der Waals surface area contributed by atoms with Gasteiger partial charge in [-0.3, -0.25) is 4.79 Å². The fraction of sp³-hybridized carbons (Fsp3) is 0.0556. The molecule has 0 atom stereocenters. The number of methoxy groups -OCH3 is 1. The second kappa shape index (κ2) is 7.32. The van der Waals surface area contributed by atoms with Gasteiger partial charge in [0.05, 0.1) is 17.7 Å². The number of nitrogens with zero attached hydrogens (tertiary/aromatic N) is 1. The number of phenols is 1. The molecule has 26 heavy (non-hydrogen) atoms. The fourth-order valence-electron chi connectivity index (χ4n) is 2.30. The summed E-state index contributed by atoms with van der Waals surface area (Å²) in [6.45, 7) is 0. The maximum atomic E-state index is 12.1. The molecule has 1 saturated heterocycles. The fourth-order valence-corrected chi connectivity index (χ4v) is 3.13. The van der Waals surface area contributed by atoms with Crippen LogP contribution in [0.25, 0.3) is 6.08 Å². The van der Waals surface area contributed by atoms with Crippen LogP contribution in [0.3, 0.4) is 0 Å². The molecule has 1 amide bonds. The van der Waals surface area contributed by atoms with Gasteiger partial charge in [-0.1, -0.05) is 18.2 Å². The predicted molar refractivity (Wildman–Crippen MR) is 98.9 cm³/mol. The van der Waals surface area contributed by atoms with E-state index >= 15 is 0 Å². The molecule has 0 radical (unpaired) electrons. The van der Waals surface area contributed by atoms with Crippen LogP contribution in [0.15, 0.2) is 52.4 Å². The SMILES string of the molecule is COc1ccccc1/C=C1\SC(=Nc2ccc(C(=O)O)c(O)c2)NC1=O. The third kappa shape index (κ3) is 3.70. The molecule has 2 aromatic rings. The van der Waals surface area contributed by atoms with E-state index < -0.39 is 11.7 Å². The van der Waals surface area contributed by atoms with Gasteiger partial charge in [-0.25, -0.2) is 9.79 Å². The summed E-state index contributed by atoms with van der Waals surface area (Å²) in [6, 6.07) is 11.2.